The van der Waals surface area contributed by atoms with Gasteiger partial charge in [0.1, 0.15) is 23.3 Å². The number of hydrogen-bond acceptors (Lipinski definition) is 6. The van der Waals surface area contributed by atoms with Gasteiger partial charge in [-0.2, -0.15) is 5.26 Å². The fourth-order valence-corrected chi connectivity index (χ4v) is 3.35. The highest BCUT2D eigenvalue weighted by molar-refractivity contribution is 7.80. The molecular formula is C22H17ClN4O4S. The normalized spacial score (nSPS) is 16.3. The number of carbonyl (C=O) groups is 3. The number of halogens is 1. The van der Waals surface area contributed by atoms with Crippen molar-refractivity contribution in [3.63, 3.8) is 0 Å². The van der Waals surface area contributed by atoms with Crippen molar-refractivity contribution in [2.24, 2.45) is 5.92 Å². The molecule has 0 aromatic heterocycles. The van der Waals surface area contributed by atoms with Crippen molar-refractivity contribution in [3.8, 4) is 11.8 Å². The Morgan fingerprint density at radius 1 is 1.25 bits per heavy atom. The number of nitrogens with zero attached hydrogens (tertiary/aromatic N) is 2. The lowest BCUT2D eigenvalue weighted by Gasteiger charge is -2.31. The minimum absolute atomic E-state index is 0.102. The molecule has 1 atom stereocenters. The third-order valence-electron chi connectivity index (χ3n) is 4.60. The zero-order chi connectivity index (χ0) is 23.3. The average Bonchev–Trinajstić information content (AvgIpc) is 2.79. The predicted octanol–water partition coefficient (Wildman–Crippen LogP) is 2.48. The van der Waals surface area contributed by atoms with Crippen LogP contribution in [-0.4, -0.2) is 29.9 Å². The first-order valence-electron chi connectivity index (χ1n) is 9.31. The van der Waals surface area contributed by atoms with Crippen LogP contribution in [0.5, 0.6) is 5.75 Å². The quantitative estimate of drug-likeness (QED) is 0.291. The van der Waals surface area contributed by atoms with Gasteiger partial charge in [-0.3, -0.25) is 19.3 Å². The Balaban J connectivity index is 1.77. The van der Waals surface area contributed by atoms with Gasteiger partial charge >= 0.3 is 0 Å². The molecule has 1 aliphatic rings. The van der Waals surface area contributed by atoms with Gasteiger partial charge in [0.25, 0.3) is 5.91 Å². The summed E-state index contributed by atoms with van der Waals surface area (Å²) in [5.74, 6) is -2.85. The molecule has 0 saturated carbocycles. The third kappa shape index (κ3) is 5.11. The number of anilines is 1. The van der Waals surface area contributed by atoms with Gasteiger partial charge in [-0.1, -0.05) is 23.7 Å². The van der Waals surface area contributed by atoms with Crippen LogP contribution >= 0.6 is 23.8 Å². The molecule has 0 unspecified atom stereocenters. The molecule has 162 valence electrons. The first-order valence-corrected chi connectivity index (χ1v) is 10.1. The Kier molecular flexibility index (Phi) is 7.20. The van der Waals surface area contributed by atoms with Crippen LogP contribution in [0.1, 0.15) is 5.56 Å². The van der Waals surface area contributed by atoms with Crippen molar-refractivity contribution >= 4 is 52.3 Å². The molecule has 3 rings (SSSR count). The van der Waals surface area contributed by atoms with Crippen LogP contribution in [0.25, 0.3) is 0 Å². The van der Waals surface area contributed by atoms with Crippen LogP contribution in [0.4, 0.5) is 5.69 Å². The summed E-state index contributed by atoms with van der Waals surface area (Å²) in [6.45, 7) is 0.146. The highest BCUT2D eigenvalue weighted by Gasteiger charge is 2.38. The Hall–Kier alpha value is -3.74. The summed E-state index contributed by atoms with van der Waals surface area (Å²) < 4.78 is 5.08. The van der Waals surface area contributed by atoms with Gasteiger partial charge in [0.2, 0.25) is 11.8 Å². The molecule has 1 fully saturated rings. The summed E-state index contributed by atoms with van der Waals surface area (Å²) in [6.07, 6.45) is 1.03. The topological polar surface area (TPSA) is 112 Å². The Labute approximate surface area is 194 Å². The lowest BCUT2D eigenvalue weighted by molar-refractivity contribution is -0.131. The van der Waals surface area contributed by atoms with E-state index in [4.69, 9.17) is 28.6 Å². The first-order chi connectivity index (χ1) is 15.3. The van der Waals surface area contributed by atoms with Gasteiger partial charge < -0.3 is 15.4 Å². The van der Waals surface area contributed by atoms with Crippen LogP contribution in [0.3, 0.4) is 0 Å². The van der Waals surface area contributed by atoms with Crippen LogP contribution in [0.2, 0.25) is 5.02 Å². The van der Waals surface area contributed by atoms with E-state index < -0.39 is 23.6 Å². The van der Waals surface area contributed by atoms with Gasteiger partial charge in [-0.05, 0) is 60.3 Å². The minimum Gasteiger partial charge on any atom is -0.497 e. The Morgan fingerprint density at radius 3 is 2.50 bits per heavy atom. The van der Waals surface area contributed by atoms with E-state index in [1.54, 1.807) is 61.7 Å². The zero-order valence-electron chi connectivity index (χ0n) is 16.8. The second-order valence-electron chi connectivity index (χ2n) is 6.65. The van der Waals surface area contributed by atoms with E-state index in [2.05, 4.69) is 10.6 Å². The maximum absolute atomic E-state index is 13.0. The van der Waals surface area contributed by atoms with E-state index in [0.717, 1.165) is 16.5 Å². The van der Waals surface area contributed by atoms with Gasteiger partial charge in [0.15, 0.2) is 5.11 Å². The van der Waals surface area contributed by atoms with E-state index in [1.807, 2.05) is 0 Å². The second kappa shape index (κ2) is 10.0. The molecule has 0 spiro atoms. The number of nitrogens with one attached hydrogen (secondary N) is 2. The molecule has 2 N–H and O–H groups in total. The van der Waals surface area contributed by atoms with Crippen molar-refractivity contribution in [2.45, 2.75) is 6.54 Å². The summed E-state index contributed by atoms with van der Waals surface area (Å²) in [6, 6.07) is 15.0. The number of thiocarbonyl (C=S) groups is 1. The van der Waals surface area contributed by atoms with Crippen molar-refractivity contribution in [1.29, 1.82) is 5.26 Å². The SMILES string of the molecule is COc1ccc(CNC(=O)/C(C#N)=C\[C@@H]2C(=O)NC(=S)N(c3ccc(Cl)cc3)C2=O)cc1. The molecule has 1 aliphatic heterocycles. The summed E-state index contributed by atoms with van der Waals surface area (Å²) >= 11 is 11.0. The number of nitriles is 1. The molecule has 32 heavy (non-hydrogen) atoms. The highest BCUT2D eigenvalue weighted by atomic mass is 35.5. The summed E-state index contributed by atoms with van der Waals surface area (Å²) in [4.78, 5) is 39.0. The van der Waals surface area contributed by atoms with Crippen LogP contribution in [0, 0.1) is 17.2 Å². The second-order valence-corrected chi connectivity index (χ2v) is 7.47. The molecule has 0 radical (unpaired) electrons. The molecule has 8 nitrogen and oxygen atoms in total. The molecule has 0 aliphatic carbocycles. The van der Waals surface area contributed by atoms with Gasteiger partial charge in [-0.25, -0.2) is 0 Å². The lowest BCUT2D eigenvalue weighted by atomic mass is 10.0. The summed E-state index contributed by atoms with van der Waals surface area (Å²) in [7, 11) is 1.55. The van der Waals surface area contributed by atoms with Crippen LogP contribution < -0.4 is 20.3 Å². The first kappa shape index (κ1) is 22.9. The third-order valence-corrected chi connectivity index (χ3v) is 5.13. The average molecular weight is 469 g/mol. The fraction of sp³-hybridized carbons (Fsp3) is 0.136. The number of carbonyl (C=O) groups excluding carboxylic acids is 3. The molecule has 0 bridgehead atoms. The van der Waals surface area contributed by atoms with Gasteiger partial charge in [0.05, 0.1) is 12.8 Å². The number of rotatable bonds is 6. The smallest absolute Gasteiger partial charge is 0.261 e. The largest absolute Gasteiger partial charge is 0.497 e. The minimum atomic E-state index is -1.40. The molecular weight excluding hydrogens is 452 g/mol. The molecule has 2 aromatic carbocycles. The molecule has 10 heteroatoms. The number of benzene rings is 2. The van der Waals surface area contributed by atoms with E-state index in [9.17, 15) is 19.6 Å². The molecule has 1 heterocycles. The highest BCUT2D eigenvalue weighted by Crippen LogP contribution is 2.24. The number of hydrogen-bond donors (Lipinski definition) is 2. The molecule has 2 aromatic rings. The van der Waals surface area contributed by atoms with E-state index in [1.165, 1.54) is 0 Å². The molecule has 3 amide bonds. The van der Waals surface area contributed by atoms with E-state index in [-0.39, 0.29) is 17.2 Å². The van der Waals surface area contributed by atoms with Crippen molar-refractivity contribution < 1.29 is 19.1 Å². The zero-order valence-corrected chi connectivity index (χ0v) is 18.4. The maximum atomic E-state index is 13.0. The summed E-state index contributed by atoms with van der Waals surface area (Å²) in [5.41, 5.74) is 0.809. The molecule has 1 saturated heterocycles. The van der Waals surface area contributed by atoms with E-state index in [0.29, 0.717) is 16.5 Å². The lowest BCUT2D eigenvalue weighted by Crippen LogP contribution is -2.57. The summed E-state index contributed by atoms with van der Waals surface area (Å²) in [5, 5.41) is 14.8. The van der Waals surface area contributed by atoms with Gasteiger partial charge in [-0.15, -0.1) is 0 Å². The van der Waals surface area contributed by atoms with Crippen molar-refractivity contribution in [2.75, 3.05) is 12.0 Å². The standard InChI is InChI=1S/C22H17ClN4O4S/c1-31-17-8-2-13(3-9-17)12-25-19(28)14(11-24)10-18-20(29)26-22(32)27(21(18)30)16-6-4-15(23)5-7-16/h2-10,18H,12H2,1H3,(H,25,28)(H,26,29,32)/b14-10-/t18-/m1/s1. The predicted molar refractivity (Wildman–Crippen MR) is 122 cm³/mol. The van der Waals surface area contributed by atoms with Gasteiger partial charge in [0, 0.05) is 11.6 Å². The fourth-order valence-electron chi connectivity index (χ4n) is 2.92. The maximum Gasteiger partial charge on any atom is 0.261 e. The monoisotopic (exact) mass is 468 g/mol. The van der Waals surface area contributed by atoms with Crippen molar-refractivity contribution in [1.82, 2.24) is 10.6 Å². The number of amides is 3. The van der Waals surface area contributed by atoms with Crippen LogP contribution in [-0.2, 0) is 20.9 Å². The Bertz CT molecular complexity index is 1140. The Morgan fingerprint density at radius 2 is 1.91 bits per heavy atom. The number of ether oxygens (including phenoxy) is 1. The number of methoxy groups -OCH3 is 1. The van der Waals surface area contributed by atoms with Crippen LogP contribution in [0.15, 0.2) is 60.2 Å². The van der Waals surface area contributed by atoms with E-state index >= 15 is 0 Å². The van der Waals surface area contributed by atoms with Crippen molar-refractivity contribution in [3.05, 3.63) is 70.8 Å².